The fraction of sp³-hybridized carbons (Fsp3) is 0.400. The quantitative estimate of drug-likeness (QED) is 0.872. The summed E-state index contributed by atoms with van der Waals surface area (Å²) in [7, 11) is 2.20. The molecule has 0 bridgehead atoms. The van der Waals surface area contributed by atoms with Crippen LogP contribution < -0.4 is 5.32 Å². The van der Waals surface area contributed by atoms with Crippen LogP contribution in [0.3, 0.4) is 0 Å². The number of hydrogen-bond acceptors (Lipinski definition) is 3. The fourth-order valence-electron chi connectivity index (χ4n) is 2.22. The number of aromatic nitrogens is 1. The molecule has 18 heavy (non-hydrogen) atoms. The third kappa shape index (κ3) is 2.62. The van der Waals surface area contributed by atoms with Crippen LogP contribution in [0.2, 0.25) is 0 Å². The molecular weight excluding hydrogens is 222 g/mol. The van der Waals surface area contributed by atoms with Gasteiger partial charge in [-0.1, -0.05) is 18.2 Å². The Kier molecular flexibility index (Phi) is 3.15. The van der Waals surface area contributed by atoms with Crippen LogP contribution in [0, 0.1) is 0 Å². The van der Waals surface area contributed by atoms with Crippen LogP contribution in [0.25, 0.3) is 10.9 Å². The molecule has 1 heterocycles. The molecule has 0 amide bonds. The van der Waals surface area contributed by atoms with Crippen molar-refractivity contribution in [2.24, 2.45) is 0 Å². The van der Waals surface area contributed by atoms with Crippen LogP contribution in [-0.2, 0) is 0 Å². The van der Waals surface area contributed by atoms with Gasteiger partial charge in [-0.2, -0.15) is 0 Å². The molecule has 0 aliphatic heterocycles. The Hall–Kier alpha value is -1.61. The molecule has 1 aromatic heterocycles. The van der Waals surface area contributed by atoms with Gasteiger partial charge < -0.3 is 10.2 Å². The zero-order valence-corrected chi connectivity index (χ0v) is 10.8. The summed E-state index contributed by atoms with van der Waals surface area (Å²) < 4.78 is 0. The van der Waals surface area contributed by atoms with E-state index in [0.717, 1.165) is 30.5 Å². The highest BCUT2D eigenvalue weighted by Crippen LogP contribution is 2.24. The average molecular weight is 241 g/mol. The molecule has 3 heteroatoms. The first kappa shape index (κ1) is 11.5. The summed E-state index contributed by atoms with van der Waals surface area (Å²) in [5.74, 6) is 0.970. The van der Waals surface area contributed by atoms with E-state index in [2.05, 4.69) is 46.5 Å². The number of nitrogens with zero attached hydrogens (tertiary/aromatic N) is 2. The Labute approximate surface area is 108 Å². The molecule has 1 aromatic carbocycles. The van der Waals surface area contributed by atoms with Crippen molar-refractivity contribution < 1.29 is 0 Å². The van der Waals surface area contributed by atoms with Gasteiger partial charge in [0.2, 0.25) is 0 Å². The molecule has 0 radical (unpaired) electrons. The molecule has 0 atom stereocenters. The molecule has 0 spiro atoms. The maximum atomic E-state index is 4.60. The maximum absolute atomic E-state index is 4.60. The van der Waals surface area contributed by atoms with Crippen molar-refractivity contribution in [2.75, 3.05) is 25.5 Å². The van der Waals surface area contributed by atoms with Gasteiger partial charge in [0.05, 0.1) is 5.52 Å². The zero-order valence-electron chi connectivity index (χ0n) is 10.8. The molecule has 1 aliphatic carbocycles. The summed E-state index contributed by atoms with van der Waals surface area (Å²) in [4.78, 5) is 7.03. The first-order valence-corrected chi connectivity index (χ1v) is 6.63. The van der Waals surface area contributed by atoms with Crippen LogP contribution in [0.1, 0.15) is 12.8 Å². The van der Waals surface area contributed by atoms with Crippen LogP contribution >= 0.6 is 0 Å². The number of rotatable bonds is 5. The van der Waals surface area contributed by atoms with Crippen LogP contribution in [0.5, 0.6) is 0 Å². The molecule has 2 aromatic rings. The summed E-state index contributed by atoms with van der Waals surface area (Å²) in [6, 6.07) is 13.2. The molecule has 1 saturated carbocycles. The third-order valence-electron chi connectivity index (χ3n) is 3.54. The lowest BCUT2D eigenvalue weighted by atomic mass is 10.2. The van der Waals surface area contributed by atoms with E-state index in [1.165, 1.54) is 18.2 Å². The Bertz CT molecular complexity index is 534. The van der Waals surface area contributed by atoms with Crippen molar-refractivity contribution in [3.8, 4) is 0 Å². The molecule has 1 fully saturated rings. The van der Waals surface area contributed by atoms with Gasteiger partial charge in [0, 0.05) is 24.5 Å². The highest BCUT2D eigenvalue weighted by Gasteiger charge is 2.25. The van der Waals surface area contributed by atoms with Gasteiger partial charge in [-0.25, -0.2) is 4.98 Å². The van der Waals surface area contributed by atoms with E-state index in [-0.39, 0.29) is 0 Å². The second-order valence-electron chi connectivity index (χ2n) is 5.03. The summed E-state index contributed by atoms with van der Waals surface area (Å²) >= 11 is 0. The van der Waals surface area contributed by atoms with Crippen LogP contribution in [-0.4, -0.2) is 36.1 Å². The zero-order chi connectivity index (χ0) is 12.4. The average Bonchev–Trinajstić information content (AvgIpc) is 3.23. The number of para-hydroxylation sites is 1. The van der Waals surface area contributed by atoms with E-state index < -0.39 is 0 Å². The maximum Gasteiger partial charge on any atom is 0.126 e. The summed E-state index contributed by atoms with van der Waals surface area (Å²) in [6.07, 6.45) is 2.73. The highest BCUT2D eigenvalue weighted by atomic mass is 15.2. The molecule has 1 N–H and O–H groups in total. The second-order valence-corrected chi connectivity index (χ2v) is 5.03. The lowest BCUT2D eigenvalue weighted by Crippen LogP contribution is -2.27. The van der Waals surface area contributed by atoms with Crippen molar-refractivity contribution in [1.82, 2.24) is 9.88 Å². The van der Waals surface area contributed by atoms with Gasteiger partial charge in [-0.05, 0) is 38.1 Å². The minimum absolute atomic E-state index is 0.830. The van der Waals surface area contributed by atoms with E-state index >= 15 is 0 Å². The van der Waals surface area contributed by atoms with E-state index in [1.807, 2.05) is 12.1 Å². The summed E-state index contributed by atoms with van der Waals surface area (Å²) in [5.41, 5.74) is 1.05. The normalized spacial score (nSPS) is 15.2. The molecule has 0 saturated heterocycles. The minimum Gasteiger partial charge on any atom is -0.369 e. The highest BCUT2D eigenvalue weighted by molar-refractivity contribution is 5.79. The minimum atomic E-state index is 0.830. The number of fused-ring (bicyclic) bond motifs is 1. The molecular formula is C15H19N3. The van der Waals surface area contributed by atoms with Gasteiger partial charge >= 0.3 is 0 Å². The third-order valence-corrected chi connectivity index (χ3v) is 3.54. The Morgan fingerprint density at radius 3 is 2.89 bits per heavy atom. The van der Waals surface area contributed by atoms with Crippen molar-refractivity contribution in [3.63, 3.8) is 0 Å². The van der Waals surface area contributed by atoms with Gasteiger partial charge in [0.25, 0.3) is 0 Å². The van der Waals surface area contributed by atoms with Crippen molar-refractivity contribution >= 4 is 16.7 Å². The first-order chi connectivity index (χ1) is 8.83. The summed E-state index contributed by atoms with van der Waals surface area (Å²) in [6.45, 7) is 2.04. The lowest BCUT2D eigenvalue weighted by Gasteiger charge is -2.16. The predicted molar refractivity (Wildman–Crippen MR) is 75.9 cm³/mol. The monoisotopic (exact) mass is 241 g/mol. The SMILES string of the molecule is CN(CCNc1ccc2ccccc2n1)C1CC1. The van der Waals surface area contributed by atoms with Crippen LogP contribution in [0.15, 0.2) is 36.4 Å². The number of nitrogens with one attached hydrogen (secondary N) is 1. The first-order valence-electron chi connectivity index (χ1n) is 6.63. The van der Waals surface area contributed by atoms with Gasteiger partial charge in [0.15, 0.2) is 0 Å². The van der Waals surface area contributed by atoms with Gasteiger partial charge in [0.1, 0.15) is 5.82 Å². The molecule has 0 unspecified atom stereocenters. The van der Waals surface area contributed by atoms with Crippen molar-refractivity contribution in [1.29, 1.82) is 0 Å². The molecule has 1 aliphatic rings. The molecule has 3 rings (SSSR count). The van der Waals surface area contributed by atoms with E-state index in [1.54, 1.807) is 0 Å². The van der Waals surface area contributed by atoms with Gasteiger partial charge in [-0.3, -0.25) is 0 Å². The van der Waals surface area contributed by atoms with E-state index in [0.29, 0.717) is 0 Å². The standard InChI is InChI=1S/C15H19N3/c1-18(13-7-8-13)11-10-16-15-9-6-12-4-2-3-5-14(12)17-15/h2-6,9,13H,7-8,10-11H2,1H3,(H,16,17). The fourth-order valence-corrected chi connectivity index (χ4v) is 2.22. The van der Waals surface area contributed by atoms with E-state index in [9.17, 15) is 0 Å². The number of benzene rings is 1. The second kappa shape index (κ2) is 4.94. The Balaban J connectivity index is 1.60. The predicted octanol–water partition coefficient (Wildman–Crippen LogP) is 2.74. The topological polar surface area (TPSA) is 28.2 Å². The number of anilines is 1. The largest absolute Gasteiger partial charge is 0.369 e. The lowest BCUT2D eigenvalue weighted by molar-refractivity contribution is 0.337. The molecule has 3 nitrogen and oxygen atoms in total. The smallest absolute Gasteiger partial charge is 0.126 e. The summed E-state index contributed by atoms with van der Waals surface area (Å²) in [5, 5.41) is 4.59. The number of pyridine rings is 1. The number of hydrogen-bond donors (Lipinski definition) is 1. The Morgan fingerprint density at radius 2 is 2.06 bits per heavy atom. The van der Waals surface area contributed by atoms with Crippen molar-refractivity contribution in [2.45, 2.75) is 18.9 Å². The number of likely N-dealkylation sites (N-methyl/N-ethyl adjacent to an activating group) is 1. The van der Waals surface area contributed by atoms with Gasteiger partial charge in [-0.15, -0.1) is 0 Å². The van der Waals surface area contributed by atoms with Crippen molar-refractivity contribution in [3.05, 3.63) is 36.4 Å². The molecule has 94 valence electrons. The van der Waals surface area contributed by atoms with Crippen LogP contribution in [0.4, 0.5) is 5.82 Å². The Morgan fingerprint density at radius 1 is 1.22 bits per heavy atom. The van der Waals surface area contributed by atoms with E-state index in [4.69, 9.17) is 0 Å².